The maximum Gasteiger partial charge on any atom is 0.299 e. The quantitative estimate of drug-likeness (QED) is 0.684. The second-order valence-electron chi connectivity index (χ2n) is 4.78. The zero-order valence-electron chi connectivity index (χ0n) is 12.4. The predicted octanol–water partition coefficient (Wildman–Crippen LogP) is 1.99. The van der Waals surface area contributed by atoms with Gasteiger partial charge >= 0.3 is 0 Å². The van der Waals surface area contributed by atoms with Gasteiger partial charge in [-0.15, -0.1) is 21.6 Å². The van der Waals surface area contributed by atoms with Gasteiger partial charge in [0.15, 0.2) is 5.69 Å². The number of nitrogens with zero attached hydrogens (tertiary/aromatic N) is 4. The number of aromatic amines is 1. The molecule has 9 nitrogen and oxygen atoms in total. The Morgan fingerprint density at radius 3 is 2.54 bits per heavy atom. The average molecular weight is 364 g/mol. The van der Waals surface area contributed by atoms with Crippen molar-refractivity contribution in [2.75, 3.05) is 0 Å². The predicted molar refractivity (Wildman–Crippen MR) is 88.8 cm³/mol. The van der Waals surface area contributed by atoms with Gasteiger partial charge in [0.25, 0.3) is 5.56 Å². The van der Waals surface area contributed by atoms with Gasteiger partial charge in [-0.05, 0) is 31.2 Å². The van der Waals surface area contributed by atoms with Crippen molar-refractivity contribution in [2.24, 2.45) is 15.4 Å². The standard InChI is InChI=1S/C13H12N6O3S2/c1-8-11(16-17-13-15-6-7-23-13)12(20)19(18-8)9-2-4-10(5-3-9)24(14,21)22/h2-7,18H,1H3,(H2,14,21,22). The zero-order valence-corrected chi connectivity index (χ0v) is 14.0. The minimum atomic E-state index is -3.79. The minimum absolute atomic E-state index is 0.0359. The number of sulfonamides is 1. The molecule has 0 aliphatic carbocycles. The van der Waals surface area contributed by atoms with E-state index in [0.717, 1.165) is 0 Å². The molecule has 3 rings (SSSR count). The molecule has 0 bridgehead atoms. The van der Waals surface area contributed by atoms with Crippen LogP contribution in [0.15, 0.2) is 55.8 Å². The van der Waals surface area contributed by atoms with Crippen LogP contribution in [0.5, 0.6) is 0 Å². The van der Waals surface area contributed by atoms with Gasteiger partial charge in [-0.2, -0.15) is 0 Å². The molecule has 124 valence electrons. The van der Waals surface area contributed by atoms with E-state index in [2.05, 4.69) is 20.3 Å². The maximum atomic E-state index is 12.4. The van der Waals surface area contributed by atoms with Gasteiger partial charge in [-0.3, -0.25) is 9.89 Å². The molecule has 0 aliphatic heterocycles. The smallest absolute Gasteiger partial charge is 0.293 e. The lowest BCUT2D eigenvalue weighted by Gasteiger charge is -2.02. The molecule has 0 unspecified atom stereocenters. The molecular weight excluding hydrogens is 352 g/mol. The Kier molecular flexibility index (Phi) is 4.13. The highest BCUT2D eigenvalue weighted by atomic mass is 32.2. The minimum Gasteiger partial charge on any atom is -0.293 e. The van der Waals surface area contributed by atoms with E-state index in [1.54, 1.807) is 18.5 Å². The molecule has 1 aromatic carbocycles. The van der Waals surface area contributed by atoms with Crippen molar-refractivity contribution in [3.05, 3.63) is 51.9 Å². The molecule has 0 radical (unpaired) electrons. The molecule has 24 heavy (non-hydrogen) atoms. The molecule has 11 heteroatoms. The number of nitrogens with two attached hydrogens (primary N) is 1. The Morgan fingerprint density at radius 1 is 1.25 bits per heavy atom. The molecule has 2 heterocycles. The fraction of sp³-hybridized carbons (Fsp3) is 0.0769. The van der Waals surface area contributed by atoms with Crippen molar-refractivity contribution in [2.45, 2.75) is 11.8 Å². The number of aryl methyl sites for hydroxylation is 1. The first-order chi connectivity index (χ1) is 11.4. The molecule has 0 saturated heterocycles. The molecule has 0 fully saturated rings. The summed E-state index contributed by atoms with van der Waals surface area (Å²) in [6.07, 6.45) is 1.59. The highest BCUT2D eigenvalue weighted by Crippen LogP contribution is 2.20. The summed E-state index contributed by atoms with van der Waals surface area (Å²) in [5.41, 5.74) is 0.721. The maximum absolute atomic E-state index is 12.4. The van der Waals surface area contributed by atoms with Gasteiger partial charge in [0.05, 0.1) is 16.3 Å². The van der Waals surface area contributed by atoms with Gasteiger partial charge in [0, 0.05) is 11.6 Å². The molecule has 0 aliphatic rings. The molecule has 3 aromatic rings. The van der Waals surface area contributed by atoms with Crippen molar-refractivity contribution < 1.29 is 8.42 Å². The third kappa shape index (κ3) is 3.18. The second kappa shape index (κ2) is 6.11. The Morgan fingerprint density at radius 2 is 1.96 bits per heavy atom. The van der Waals surface area contributed by atoms with Crippen molar-refractivity contribution >= 4 is 32.2 Å². The van der Waals surface area contributed by atoms with Crippen LogP contribution in [0.2, 0.25) is 0 Å². The molecule has 0 spiro atoms. The van der Waals surface area contributed by atoms with Gasteiger partial charge in [0.1, 0.15) is 0 Å². The fourth-order valence-corrected chi connectivity index (χ4v) is 2.95. The van der Waals surface area contributed by atoms with E-state index < -0.39 is 15.6 Å². The summed E-state index contributed by atoms with van der Waals surface area (Å²) in [4.78, 5) is 16.4. The first kappa shape index (κ1) is 16.2. The number of benzene rings is 1. The number of hydrogen-bond donors (Lipinski definition) is 2. The van der Waals surface area contributed by atoms with Crippen LogP contribution >= 0.6 is 11.3 Å². The number of azo groups is 1. The number of hydrogen-bond acceptors (Lipinski definition) is 7. The molecule has 0 atom stereocenters. The van der Waals surface area contributed by atoms with Gasteiger partial charge < -0.3 is 0 Å². The lowest BCUT2D eigenvalue weighted by atomic mass is 10.3. The van der Waals surface area contributed by atoms with Crippen molar-refractivity contribution in [3.63, 3.8) is 0 Å². The van der Waals surface area contributed by atoms with Crippen molar-refractivity contribution in [1.29, 1.82) is 0 Å². The van der Waals surface area contributed by atoms with E-state index in [0.29, 0.717) is 16.5 Å². The second-order valence-corrected chi connectivity index (χ2v) is 7.21. The van der Waals surface area contributed by atoms with E-state index in [-0.39, 0.29) is 10.6 Å². The van der Waals surface area contributed by atoms with E-state index in [1.165, 1.54) is 40.3 Å². The lowest BCUT2D eigenvalue weighted by Crippen LogP contribution is -2.15. The zero-order chi connectivity index (χ0) is 17.3. The van der Waals surface area contributed by atoms with Crippen LogP contribution in [0.25, 0.3) is 5.69 Å². The highest BCUT2D eigenvalue weighted by molar-refractivity contribution is 7.89. The molecule has 0 amide bonds. The monoisotopic (exact) mass is 364 g/mol. The first-order valence-electron chi connectivity index (χ1n) is 6.62. The summed E-state index contributed by atoms with van der Waals surface area (Å²) >= 11 is 1.30. The largest absolute Gasteiger partial charge is 0.299 e. The number of primary sulfonamides is 1. The van der Waals surface area contributed by atoms with Crippen LogP contribution in [-0.4, -0.2) is 23.2 Å². The Labute approximate surface area is 140 Å². The van der Waals surface area contributed by atoms with E-state index in [9.17, 15) is 13.2 Å². The average Bonchev–Trinajstić information content (AvgIpc) is 3.14. The molecular formula is C13H12N6O3S2. The lowest BCUT2D eigenvalue weighted by molar-refractivity contribution is 0.598. The molecule has 3 N–H and O–H groups in total. The normalized spacial score (nSPS) is 12.1. The highest BCUT2D eigenvalue weighted by Gasteiger charge is 2.13. The van der Waals surface area contributed by atoms with Crippen molar-refractivity contribution in [1.82, 2.24) is 14.8 Å². The van der Waals surface area contributed by atoms with Gasteiger partial charge in [0.2, 0.25) is 15.2 Å². The summed E-state index contributed by atoms with van der Waals surface area (Å²) in [6.45, 7) is 1.69. The van der Waals surface area contributed by atoms with Crippen LogP contribution in [0.1, 0.15) is 5.69 Å². The van der Waals surface area contributed by atoms with Crippen LogP contribution in [-0.2, 0) is 10.0 Å². The number of rotatable bonds is 4. The summed E-state index contributed by atoms with van der Waals surface area (Å²) in [5, 5.41) is 18.0. The number of H-pyrrole nitrogens is 1. The number of nitrogens with one attached hydrogen (secondary N) is 1. The number of aromatic nitrogens is 3. The van der Waals surface area contributed by atoms with Crippen LogP contribution < -0.4 is 10.7 Å². The van der Waals surface area contributed by atoms with Crippen LogP contribution in [0.4, 0.5) is 10.8 Å². The van der Waals surface area contributed by atoms with E-state index >= 15 is 0 Å². The summed E-state index contributed by atoms with van der Waals surface area (Å²) < 4.78 is 23.8. The number of thiazole rings is 1. The Balaban J connectivity index is 1.98. The summed E-state index contributed by atoms with van der Waals surface area (Å²) in [7, 11) is -3.79. The van der Waals surface area contributed by atoms with Crippen LogP contribution in [0.3, 0.4) is 0 Å². The van der Waals surface area contributed by atoms with Gasteiger partial charge in [-0.1, -0.05) is 0 Å². The van der Waals surface area contributed by atoms with Gasteiger partial charge in [-0.25, -0.2) is 23.2 Å². The van der Waals surface area contributed by atoms with E-state index in [1.807, 2.05) is 0 Å². The molecule has 2 aromatic heterocycles. The summed E-state index contributed by atoms with van der Waals surface area (Å²) in [6, 6.07) is 5.59. The van der Waals surface area contributed by atoms with Crippen LogP contribution in [0, 0.1) is 6.92 Å². The van der Waals surface area contributed by atoms with Crippen molar-refractivity contribution in [3.8, 4) is 5.69 Å². The fourth-order valence-electron chi connectivity index (χ4n) is 1.98. The Bertz CT molecular complexity index is 1050. The first-order valence-corrected chi connectivity index (χ1v) is 9.05. The summed E-state index contributed by atoms with van der Waals surface area (Å²) in [5.74, 6) is 0. The van der Waals surface area contributed by atoms with E-state index in [4.69, 9.17) is 5.14 Å². The molecule has 0 saturated carbocycles. The topological polar surface area (TPSA) is 136 Å². The Hall–Kier alpha value is -2.63. The third-order valence-corrected chi connectivity index (χ3v) is 4.70. The SMILES string of the molecule is Cc1[nH]n(-c2ccc(S(N)(=O)=O)cc2)c(=O)c1N=Nc1nccs1. The third-order valence-electron chi connectivity index (χ3n) is 3.12.